The van der Waals surface area contributed by atoms with E-state index < -0.39 is 82.4 Å². The quantitative estimate of drug-likeness (QED) is 0.211. The van der Waals surface area contributed by atoms with E-state index in [0.29, 0.717) is 36.4 Å². The highest BCUT2D eigenvalue weighted by Gasteiger charge is 2.64. The van der Waals surface area contributed by atoms with Gasteiger partial charge in [-0.25, -0.2) is 4.39 Å². The number of anilines is 2. The van der Waals surface area contributed by atoms with E-state index in [1.807, 2.05) is 0 Å². The highest BCUT2D eigenvalue weighted by molar-refractivity contribution is 5.51. The molecule has 1 aliphatic carbocycles. The molecular weight excluding hydrogens is 564 g/mol. The number of ether oxygens (including phenoxy) is 2. The molecule has 39 heavy (non-hydrogen) atoms. The molecule has 4 nitrogen and oxygen atoms in total. The third-order valence-corrected chi connectivity index (χ3v) is 5.32. The Morgan fingerprint density at radius 3 is 1.49 bits per heavy atom. The number of alkyl halides is 12. The Morgan fingerprint density at radius 2 is 1.15 bits per heavy atom. The Kier molecular flexibility index (Phi) is 7.49. The summed E-state index contributed by atoms with van der Waals surface area (Å²) in [6, 6.07) is 4.06. The van der Waals surface area contributed by atoms with E-state index in [2.05, 4.69) is 0 Å². The predicted molar refractivity (Wildman–Crippen MR) is 113 cm³/mol. The third-order valence-electron chi connectivity index (χ3n) is 5.32. The molecule has 0 heterocycles. The van der Waals surface area contributed by atoms with Gasteiger partial charge in [-0.05, 0) is 42.0 Å². The first-order valence-corrected chi connectivity index (χ1v) is 10.5. The van der Waals surface area contributed by atoms with Crippen molar-refractivity contribution in [2.45, 2.75) is 42.8 Å². The maximum Gasteiger partial charge on any atom is 0.456 e. The molecular formula is C23H16F12N2O2. The van der Waals surface area contributed by atoms with Gasteiger partial charge < -0.3 is 20.9 Å². The Morgan fingerprint density at radius 1 is 0.718 bits per heavy atom. The second-order valence-corrected chi connectivity index (χ2v) is 8.25. The zero-order valence-corrected chi connectivity index (χ0v) is 19.0. The van der Waals surface area contributed by atoms with Gasteiger partial charge in [-0.15, -0.1) is 0 Å². The van der Waals surface area contributed by atoms with Gasteiger partial charge in [0.2, 0.25) is 0 Å². The van der Waals surface area contributed by atoms with Crippen molar-refractivity contribution in [2.24, 2.45) is 0 Å². The average Bonchev–Trinajstić information content (AvgIpc) is 2.79. The molecule has 3 rings (SSSR count). The summed E-state index contributed by atoms with van der Waals surface area (Å²) < 4.78 is 171. The largest absolute Gasteiger partial charge is 0.456 e. The summed E-state index contributed by atoms with van der Waals surface area (Å²) in [6.45, 7) is 0. The lowest BCUT2D eigenvalue weighted by Gasteiger charge is -2.35. The highest BCUT2D eigenvalue weighted by atomic mass is 19.4. The lowest BCUT2D eigenvalue weighted by molar-refractivity contribution is -0.298. The topological polar surface area (TPSA) is 70.5 Å². The van der Waals surface area contributed by atoms with Crippen LogP contribution in [0.25, 0.3) is 0 Å². The number of rotatable bonds is 6. The first kappa shape index (κ1) is 29.8. The van der Waals surface area contributed by atoms with E-state index in [-0.39, 0.29) is 6.08 Å². The van der Waals surface area contributed by atoms with Crippen LogP contribution in [0.5, 0.6) is 11.5 Å². The Labute approximate surface area is 211 Å². The minimum Gasteiger partial charge on any atom is -0.448 e. The minimum absolute atomic E-state index is 0.281. The molecule has 214 valence electrons. The van der Waals surface area contributed by atoms with Crippen LogP contribution >= 0.6 is 0 Å². The van der Waals surface area contributed by atoms with E-state index in [1.54, 1.807) is 0 Å². The first-order chi connectivity index (χ1) is 17.7. The number of nitrogen functional groups attached to an aromatic ring is 2. The molecule has 0 bridgehead atoms. The van der Waals surface area contributed by atoms with E-state index in [1.165, 1.54) is 0 Å². The maximum absolute atomic E-state index is 14.2. The fourth-order valence-corrected chi connectivity index (χ4v) is 3.42. The zero-order chi connectivity index (χ0) is 29.6. The fraction of sp³-hybridized carbons (Fsp3) is 0.304. The van der Waals surface area contributed by atoms with Crippen molar-refractivity contribution < 1.29 is 62.2 Å². The molecule has 0 radical (unpaired) electrons. The normalized spacial score (nSPS) is 17.0. The van der Waals surface area contributed by atoms with Gasteiger partial charge in [0.1, 0.15) is 11.5 Å². The van der Waals surface area contributed by atoms with E-state index >= 15 is 0 Å². The summed E-state index contributed by atoms with van der Waals surface area (Å²) in [5.74, 6) is -10.7. The van der Waals surface area contributed by atoms with Crippen LogP contribution in [0.2, 0.25) is 0 Å². The summed E-state index contributed by atoms with van der Waals surface area (Å²) >= 11 is 0. The molecule has 0 aliphatic heterocycles. The second kappa shape index (κ2) is 9.79. The van der Waals surface area contributed by atoms with Gasteiger partial charge in [0.25, 0.3) is 5.79 Å². The maximum atomic E-state index is 14.2. The van der Waals surface area contributed by atoms with Gasteiger partial charge in [0.15, 0.2) is 6.17 Å². The molecule has 0 amide bonds. The third kappa shape index (κ3) is 6.30. The summed E-state index contributed by atoms with van der Waals surface area (Å²) in [5.41, 5.74) is 5.65. The molecule has 4 N–H and O–H groups in total. The lowest BCUT2D eigenvalue weighted by atomic mass is 9.95. The number of allylic oxidation sites excluding steroid dienone is 2. The number of benzene rings is 2. The Hall–Kier alpha value is -3.72. The fourth-order valence-electron chi connectivity index (χ4n) is 3.42. The first-order valence-electron chi connectivity index (χ1n) is 10.5. The van der Waals surface area contributed by atoms with Gasteiger partial charge in [0, 0.05) is 23.9 Å². The number of hydrogen-bond donors (Lipinski definition) is 2. The lowest BCUT2D eigenvalue weighted by Crippen LogP contribution is -2.47. The summed E-state index contributed by atoms with van der Waals surface area (Å²) in [5, 5.41) is 0. The van der Waals surface area contributed by atoms with Crippen molar-refractivity contribution in [3.8, 4) is 11.5 Å². The van der Waals surface area contributed by atoms with Crippen molar-refractivity contribution in [3.63, 3.8) is 0 Å². The SMILES string of the molecule is Nc1ccc(OC2(Oc3ccc(N)cc3C(F)(F)F)C=CC(C(F)C(F)(F)C(F)(F)F)=CC2)c(C(F)(F)F)c1. The molecule has 0 saturated carbocycles. The average molecular weight is 580 g/mol. The number of halogens is 12. The van der Waals surface area contributed by atoms with Crippen LogP contribution in [0.15, 0.2) is 60.2 Å². The van der Waals surface area contributed by atoms with Crippen LogP contribution in [-0.4, -0.2) is 24.1 Å². The van der Waals surface area contributed by atoms with Crippen molar-refractivity contribution >= 4 is 11.4 Å². The van der Waals surface area contributed by atoms with E-state index in [0.717, 1.165) is 12.1 Å². The molecule has 1 aliphatic rings. The molecule has 0 aromatic heterocycles. The van der Waals surface area contributed by atoms with E-state index in [4.69, 9.17) is 20.9 Å². The standard InChI is InChI=1S/C23H16F12N2O2/c24-18(20(25,26)23(33,34)35)11-5-7-19(8-6-11,38-16-3-1-12(36)9-14(16)21(27,28)29)39-17-4-2-13(37)10-15(17)22(30,31)32/h1-7,9-10,18H,8,36-37H2. The smallest absolute Gasteiger partial charge is 0.448 e. The van der Waals surface area contributed by atoms with Gasteiger partial charge in [-0.1, -0.05) is 12.2 Å². The van der Waals surface area contributed by atoms with Crippen LogP contribution in [0.4, 0.5) is 64.1 Å². The Bertz CT molecular complexity index is 1210. The summed E-state index contributed by atoms with van der Waals surface area (Å²) in [6.07, 6.45) is -20.5. The summed E-state index contributed by atoms with van der Waals surface area (Å²) in [4.78, 5) is 0. The van der Waals surface area contributed by atoms with Gasteiger partial charge in [0.05, 0.1) is 11.1 Å². The predicted octanol–water partition coefficient (Wildman–Crippen LogP) is 7.46. The molecule has 0 spiro atoms. The van der Waals surface area contributed by atoms with Crippen LogP contribution in [0.1, 0.15) is 17.5 Å². The summed E-state index contributed by atoms with van der Waals surface area (Å²) in [7, 11) is 0. The molecule has 1 unspecified atom stereocenters. The van der Waals surface area contributed by atoms with Crippen molar-refractivity contribution in [1.82, 2.24) is 0 Å². The second-order valence-electron chi connectivity index (χ2n) is 8.25. The van der Waals surface area contributed by atoms with Crippen molar-refractivity contribution in [2.75, 3.05) is 11.5 Å². The highest BCUT2D eigenvalue weighted by Crippen LogP contribution is 2.46. The monoisotopic (exact) mass is 580 g/mol. The van der Waals surface area contributed by atoms with Crippen LogP contribution in [0.3, 0.4) is 0 Å². The molecule has 0 fully saturated rings. The van der Waals surface area contributed by atoms with Gasteiger partial charge >= 0.3 is 24.5 Å². The van der Waals surface area contributed by atoms with Crippen LogP contribution < -0.4 is 20.9 Å². The Balaban J connectivity index is 2.11. The zero-order valence-electron chi connectivity index (χ0n) is 19.0. The van der Waals surface area contributed by atoms with Gasteiger partial charge in [-0.3, -0.25) is 0 Å². The molecule has 0 saturated heterocycles. The van der Waals surface area contributed by atoms with Crippen LogP contribution in [0, 0.1) is 0 Å². The van der Waals surface area contributed by atoms with Crippen molar-refractivity contribution in [3.05, 3.63) is 71.3 Å². The minimum atomic E-state index is -6.31. The molecule has 2 aromatic rings. The number of nitrogens with two attached hydrogens (primary N) is 2. The molecule has 1 atom stereocenters. The van der Waals surface area contributed by atoms with E-state index in [9.17, 15) is 52.7 Å². The number of hydrogen-bond acceptors (Lipinski definition) is 4. The van der Waals surface area contributed by atoms with Crippen molar-refractivity contribution in [1.29, 1.82) is 0 Å². The molecule has 16 heteroatoms. The van der Waals surface area contributed by atoms with Gasteiger partial charge in [-0.2, -0.15) is 48.3 Å². The molecule has 2 aromatic carbocycles. The van der Waals surface area contributed by atoms with Crippen LogP contribution in [-0.2, 0) is 12.4 Å².